The second kappa shape index (κ2) is 12.9. The molecule has 15 nitrogen and oxygen atoms in total. The van der Waals surface area contributed by atoms with Crippen LogP contribution in [0.3, 0.4) is 0 Å². The van der Waals surface area contributed by atoms with Gasteiger partial charge in [-0.15, -0.1) is 11.3 Å². The fourth-order valence-corrected chi connectivity index (χ4v) is 7.70. The Kier molecular flexibility index (Phi) is 8.81. The first-order valence-corrected chi connectivity index (χ1v) is 16.4. The molecule has 0 spiro atoms. The average molecular weight is 641 g/mol. The molecule has 232 valence electrons. The Hall–Kier alpha value is -4.03. The fraction of sp³-hybridized carbons (Fsp3) is 0.407. The topological polar surface area (TPSA) is 188 Å². The van der Waals surface area contributed by atoms with Gasteiger partial charge in [-0.1, -0.05) is 0 Å². The zero-order chi connectivity index (χ0) is 30.7. The highest BCUT2D eigenvalue weighted by molar-refractivity contribution is 7.91. The van der Waals surface area contributed by atoms with Crippen LogP contribution in [0.4, 0.5) is 17.6 Å². The molecule has 4 aromatic rings. The maximum absolute atomic E-state index is 13.5. The lowest BCUT2D eigenvalue weighted by Gasteiger charge is -2.31. The number of piperidine rings is 1. The molecule has 1 amide bonds. The number of carbonyl (C=O) groups is 1. The van der Waals surface area contributed by atoms with Crippen LogP contribution in [-0.2, 0) is 14.8 Å². The van der Waals surface area contributed by atoms with E-state index < -0.39 is 15.9 Å². The second-order valence-corrected chi connectivity index (χ2v) is 13.5. The van der Waals surface area contributed by atoms with Crippen molar-refractivity contribution in [3.8, 4) is 11.4 Å². The molecular formula is C27H32N10O5S2. The van der Waals surface area contributed by atoms with E-state index in [1.807, 2.05) is 17.0 Å². The normalized spacial score (nSPS) is 16.3. The number of ether oxygens (including phenoxy) is 1. The van der Waals surface area contributed by atoms with Crippen LogP contribution in [0.25, 0.3) is 21.6 Å². The van der Waals surface area contributed by atoms with Gasteiger partial charge >= 0.3 is 0 Å². The summed E-state index contributed by atoms with van der Waals surface area (Å²) in [4.78, 5) is 38.0. The highest BCUT2D eigenvalue weighted by Crippen LogP contribution is 2.36. The van der Waals surface area contributed by atoms with Crippen molar-refractivity contribution in [1.29, 1.82) is 0 Å². The highest BCUT2D eigenvalue weighted by atomic mass is 32.2. The van der Waals surface area contributed by atoms with Gasteiger partial charge in [-0.3, -0.25) is 10.0 Å². The summed E-state index contributed by atoms with van der Waals surface area (Å²) in [6.07, 6.45) is 5.89. The van der Waals surface area contributed by atoms with E-state index in [0.717, 1.165) is 24.2 Å². The van der Waals surface area contributed by atoms with E-state index in [1.165, 1.54) is 23.7 Å². The third kappa shape index (κ3) is 6.41. The largest absolute Gasteiger partial charge is 0.378 e. The Morgan fingerprint density at radius 2 is 1.80 bits per heavy atom. The minimum atomic E-state index is -3.80. The molecule has 4 N–H and O–H groups in total. The summed E-state index contributed by atoms with van der Waals surface area (Å²) in [5, 5.41) is 11.8. The Labute approximate surface area is 257 Å². The van der Waals surface area contributed by atoms with Gasteiger partial charge in [-0.2, -0.15) is 0 Å². The number of nitrogens with zero attached hydrogens (tertiary/aromatic N) is 7. The molecular weight excluding hydrogens is 608 g/mol. The molecule has 0 atom stereocenters. The molecule has 2 aliphatic rings. The molecule has 0 aromatic carbocycles. The number of pyridine rings is 1. The van der Waals surface area contributed by atoms with Crippen molar-refractivity contribution in [2.24, 2.45) is 5.92 Å². The van der Waals surface area contributed by atoms with Gasteiger partial charge in [0.15, 0.2) is 11.6 Å². The lowest BCUT2D eigenvalue weighted by atomic mass is 9.97. The van der Waals surface area contributed by atoms with Crippen LogP contribution >= 0.6 is 11.3 Å². The lowest BCUT2D eigenvalue weighted by molar-refractivity contribution is 0.0705. The van der Waals surface area contributed by atoms with E-state index in [0.29, 0.717) is 73.7 Å². The lowest BCUT2D eigenvalue weighted by Crippen LogP contribution is -2.39. The van der Waals surface area contributed by atoms with Crippen LogP contribution in [0, 0.1) is 5.92 Å². The summed E-state index contributed by atoms with van der Waals surface area (Å²) in [7, 11) is -2.00. The van der Waals surface area contributed by atoms with Gasteiger partial charge in [0, 0.05) is 63.9 Å². The molecule has 2 fully saturated rings. The van der Waals surface area contributed by atoms with Crippen LogP contribution < -0.4 is 25.3 Å². The van der Waals surface area contributed by atoms with Crippen molar-refractivity contribution < 1.29 is 23.2 Å². The number of hydrogen-bond acceptors (Lipinski definition) is 14. The van der Waals surface area contributed by atoms with E-state index in [-0.39, 0.29) is 15.7 Å². The second-order valence-electron chi connectivity index (χ2n) is 10.4. The highest BCUT2D eigenvalue weighted by Gasteiger charge is 2.27. The maximum atomic E-state index is 13.5. The van der Waals surface area contributed by atoms with E-state index in [1.54, 1.807) is 24.8 Å². The first-order chi connectivity index (χ1) is 21.3. The molecule has 4 aromatic heterocycles. The fourth-order valence-electron chi connectivity index (χ4n) is 5.12. The van der Waals surface area contributed by atoms with Gasteiger partial charge in [-0.05, 0) is 37.0 Å². The van der Waals surface area contributed by atoms with Crippen LogP contribution in [0.5, 0.6) is 0 Å². The predicted octanol–water partition coefficient (Wildman–Crippen LogP) is 1.74. The van der Waals surface area contributed by atoms with Crippen molar-refractivity contribution in [2.45, 2.75) is 17.1 Å². The van der Waals surface area contributed by atoms with Crippen LogP contribution in [0.2, 0.25) is 0 Å². The van der Waals surface area contributed by atoms with Crippen molar-refractivity contribution in [1.82, 2.24) is 35.1 Å². The minimum Gasteiger partial charge on any atom is -0.378 e. The van der Waals surface area contributed by atoms with E-state index >= 15 is 0 Å². The third-order valence-corrected chi connectivity index (χ3v) is 10.7. The Morgan fingerprint density at radius 1 is 1.05 bits per heavy atom. The summed E-state index contributed by atoms with van der Waals surface area (Å²) in [5.74, 6) is 1.83. The summed E-state index contributed by atoms with van der Waals surface area (Å²) < 4.78 is 36.2. The number of morpholine rings is 1. The first-order valence-electron chi connectivity index (χ1n) is 14.1. The summed E-state index contributed by atoms with van der Waals surface area (Å²) in [6.45, 7) is 4.01. The molecule has 0 unspecified atom stereocenters. The van der Waals surface area contributed by atoms with Gasteiger partial charge in [-0.25, -0.2) is 43.5 Å². The number of amides is 1. The number of hydroxylamine groups is 1. The quantitative estimate of drug-likeness (QED) is 0.153. The Bertz CT molecular complexity index is 1720. The molecule has 44 heavy (non-hydrogen) atoms. The zero-order valence-corrected chi connectivity index (χ0v) is 25.6. The zero-order valence-electron chi connectivity index (χ0n) is 23.9. The number of hydrogen-bond donors (Lipinski definition) is 4. The van der Waals surface area contributed by atoms with Gasteiger partial charge in [0.05, 0.1) is 29.0 Å². The monoisotopic (exact) mass is 640 g/mol. The van der Waals surface area contributed by atoms with Crippen molar-refractivity contribution >= 4 is 55.1 Å². The van der Waals surface area contributed by atoms with Crippen molar-refractivity contribution in [3.05, 3.63) is 42.4 Å². The number of aromatic nitrogens is 5. The number of carbonyl (C=O) groups excluding carboxylic acids is 1. The van der Waals surface area contributed by atoms with Crippen LogP contribution in [0.1, 0.15) is 23.2 Å². The van der Waals surface area contributed by atoms with Crippen LogP contribution in [-0.4, -0.2) is 97.4 Å². The number of nitrogens with one attached hydrogen (secondary N) is 3. The Balaban J connectivity index is 1.16. The van der Waals surface area contributed by atoms with Gasteiger partial charge < -0.3 is 19.9 Å². The molecule has 17 heteroatoms. The van der Waals surface area contributed by atoms with Gasteiger partial charge in [0.1, 0.15) is 10.0 Å². The standard InChI is InChI=1S/C27H32N10O5S2/c1-28-21-3-2-18(14-29-21)24-33-20-12-22(43-23(20)25(34-24)36-8-10-42-11-9-36)44(40,41)32-13-17-4-6-37(7-5-17)27-30-15-19(16-31-27)26(38)35-39/h2-3,12,14-17,32,39H,4-11,13H2,1H3,(H,28,29)(H,35,38). The number of sulfonamides is 1. The first kappa shape index (κ1) is 30.0. The van der Waals surface area contributed by atoms with Crippen LogP contribution in [0.15, 0.2) is 41.0 Å². The number of rotatable bonds is 9. The molecule has 0 saturated carbocycles. The predicted molar refractivity (Wildman–Crippen MR) is 165 cm³/mol. The minimum absolute atomic E-state index is 0.137. The van der Waals surface area contributed by atoms with E-state index in [4.69, 9.17) is 19.9 Å². The van der Waals surface area contributed by atoms with E-state index in [9.17, 15) is 13.2 Å². The number of anilines is 3. The molecule has 0 bridgehead atoms. The third-order valence-electron chi connectivity index (χ3n) is 7.65. The number of thiophene rings is 1. The number of fused-ring (bicyclic) bond motifs is 1. The molecule has 6 heterocycles. The molecule has 0 radical (unpaired) electrons. The maximum Gasteiger partial charge on any atom is 0.277 e. The summed E-state index contributed by atoms with van der Waals surface area (Å²) >= 11 is 1.17. The van der Waals surface area contributed by atoms with Gasteiger partial charge in [0.2, 0.25) is 16.0 Å². The SMILES string of the molecule is CNc1ccc(-c2nc(N3CCOCC3)c3sc(S(=O)(=O)NCC4CCN(c5ncc(C(=O)NO)cn5)CC4)cc3n2)cn1. The van der Waals surface area contributed by atoms with Crippen molar-refractivity contribution in [3.63, 3.8) is 0 Å². The van der Waals surface area contributed by atoms with E-state index in [2.05, 4.69) is 29.9 Å². The van der Waals surface area contributed by atoms with Gasteiger partial charge in [0.25, 0.3) is 5.91 Å². The Morgan fingerprint density at radius 3 is 2.45 bits per heavy atom. The van der Waals surface area contributed by atoms with Crippen molar-refractivity contribution in [2.75, 3.05) is 68.1 Å². The smallest absolute Gasteiger partial charge is 0.277 e. The molecule has 0 aliphatic carbocycles. The molecule has 2 saturated heterocycles. The molecule has 2 aliphatic heterocycles. The summed E-state index contributed by atoms with van der Waals surface area (Å²) in [5.41, 5.74) is 3.01. The molecule has 6 rings (SSSR count). The average Bonchev–Trinajstić information content (AvgIpc) is 3.53. The summed E-state index contributed by atoms with van der Waals surface area (Å²) in [6, 6.07) is 5.35.